The molecule has 1 aliphatic rings. The van der Waals surface area contributed by atoms with E-state index in [9.17, 15) is 53.7 Å². The number of carbonyl (C=O) groups excluding carboxylic acids is 7. The van der Waals surface area contributed by atoms with Crippen molar-refractivity contribution in [3.8, 4) is 0 Å². The van der Waals surface area contributed by atoms with Gasteiger partial charge >= 0.3 is 5.97 Å². The van der Waals surface area contributed by atoms with Crippen LogP contribution >= 0.6 is 0 Å². The smallest absolute Gasteiger partial charge is 0.326 e. The largest absolute Gasteiger partial charge is 0.480 e. The third-order valence-corrected chi connectivity index (χ3v) is 7.93. The minimum atomic E-state index is -1.66. The van der Waals surface area contributed by atoms with Crippen LogP contribution in [0.1, 0.15) is 45.1 Å². The zero-order chi connectivity index (χ0) is 38.2. The Labute approximate surface area is 294 Å². The van der Waals surface area contributed by atoms with Gasteiger partial charge in [0.2, 0.25) is 41.4 Å². The van der Waals surface area contributed by atoms with Crippen LogP contribution in [0.3, 0.4) is 0 Å². The number of primary amides is 1. The average molecular weight is 721 g/mol. The summed E-state index contributed by atoms with van der Waals surface area (Å²) in [4.78, 5) is 102. The maximum Gasteiger partial charge on any atom is 0.326 e. The first-order valence-electron chi connectivity index (χ1n) is 16.4. The topological polar surface area (TPSA) is 313 Å². The highest BCUT2D eigenvalue weighted by molar-refractivity contribution is 5.97. The Hall–Kier alpha value is -5.14. The number of likely N-dealkylation sites (tertiary alicyclic amines) is 1. The zero-order valence-corrected chi connectivity index (χ0v) is 28.5. The van der Waals surface area contributed by atoms with Gasteiger partial charge in [0.05, 0.1) is 26.2 Å². The second-order valence-corrected chi connectivity index (χ2v) is 12.5. The van der Waals surface area contributed by atoms with Gasteiger partial charge in [0.25, 0.3) is 0 Å². The third kappa shape index (κ3) is 13.3. The number of nitrogens with two attached hydrogens (primary N) is 2. The van der Waals surface area contributed by atoms with Crippen molar-refractivity contribution in [1.82, 2.24) is 31.5 Å². The molecule has 1 aromatic carbocycles. The van der Waals surface area contributed by atoms with E-state index in [1.807, 2.05) is 0 Å². The summed E-state index contributed by atoms with van der Waals surface area (Å²) in [6, 6.07) is 0.155. The maximum atomic E-state index is 13.6. The number of carbonyl (C=O) groups is 8. The van der Waals surface area contributed by atoms with Crippen LogP contribution in [0.25, 0.3) is 0 Å². The van der Waals surface area contributed by atoms with Gasteiger partial charge in [-0.1, -0.05) is 44.2 Å². The quantitative estimate of drug-likeness (QED) is 0.0611. The Bertz CT molecular complexity index is 1410. The summed E-state index contributed by atoms with van der Waals surface area (Å²) in [5, 5.41) is 41.2. The molecular weight excluding hydrogens is 672 g/mol. The number of aliphatic hydroxyl groups is 2. The van der Waals surface area contributed by atoms with Crippen molar-refractivity contribution < 1.29 is 53.7 Å². The van der Waals surface area contributed by atoms with E-state index in [4.69, 9.17) is 11.5 Å². The fourth-order valence-corrected chi connectivity index (χ4v) is 5.38. The van der Waals surface area contributed by atoms with Crippen LogP contribution in [-0.4, -0.2) is 130 Å². The van der Waals surface area contributed by atoms with E-state index in [1.165, 1.54) is 4.90 Å². The molecule has 0 radical (unpaired) electrons. The highest BCUT2D eigenvalue weighted by atomic mass is 16.4. The van der Waals surface area contributed by atoms with Crippen LogP contribution < -0.4 is 38.1 Å². The van der Waals surface area contributed by atoms with E-state index in [0.717, 1.165) is 0 Å². The summed E-state index contributed by atoms with van der Waals surface area (Å²) >= 11 is 0. The van der Waals surface area contributed by atoms with Gasteiger partial charge in [-0.05, 0) is 30.7 Å². The molecule has 1 fully saturated rings. The number of hydrogen-bond donors (Lipinski definition) is 10. The Balaban J connectivity index is 2.21. The van der Waals surface area contributed by atoms with Crippen LogP contribution in [-0.2, 0) is 44.8 Å². The number of benzene rings is 1. The number of aliphatic carboxylic acids is 1. The first kappa shape index (κ1) is 42.0. The molecule has 0 aromatic heterocycles. The molecule has 51 heavy (non-hydrogen) atoms. The van der Waals surface area contributed by atoms with Crippen LogP contribution in [0.5, 0.6) is 0 Å². The number of carboxylic acids is 1. The summed E-state index contributed by atoms with van der Waals surface area (Å²) in [5.74, 6) is -7.76. The molecule has 19 nitrogen and oxygen atoms in total. The lowest BCUT2D eigenvalue weighted by molar-refractivity contribution is -0.149. The molecule has 0 aliphatic carbocycles. The highest BCUT2D eigenvalue weighted by Gasteiger charge is 2.39. The predicted octanol–water partition coefficient (Wildman–Crippen LogP) is -4.41. The van der Waals surface area contributed by atoms with Crippen LogP contribution in [0.4, 0.5) is 0 Å². The van der Waals surface area contributed by atoms with E-state index in [-0.39, 0.29) is 31.7 Å². The number of nitrogens with zero attached hydrogens (tertiary/aromatic N) is 1. The standard InChI is InChI=1S/C32H48N8O11/c1-17(2)11-19(36-29(47)22(15-41)39-28(46)20(13-25(34)43)35-26(44)14-33)27(45)38-23(16-42)30(48)37-21(12-18-7-4-3-5-8-18)31(49)40-10-6-9-24(40)32(50)51/h3-5,7-8,17,19-24,41-42H,6,9-16,33H2,1-2H3,(H2,34,43)(H,35,44)(H,36,47)(H,37,48)(H,38,45)(H,39,46)(H,50,51)/t19-,20-,21-,22-,23-,24-/m0/s1. The number of carboxylic acid groups (broad SMARTS) is 1. The fourth-order valence-electron chi connectivity index (χ4n) is 5.38. The Morgan fingerprint density at radius 3 is 1.78 bits per heavy atom. The van der Waals surface area contributed by atoms with Crippen molar-refractivity contribution >= 4 is 47.3 Å². The molecule has 0 spiro atoms. The van der Waals surface area contributed by atoms with Crippen molar-refractivity contribution in [2.24, 2.45) is 17.4 Å². The second-order valence-electron chi connectivity index (χ2n) is 12.5. The molecule has 1 heterocycles. The number of nitrogens with one attached hydrogen (secondary N) is 5. The fraction of sp³-hybridized carbons (Fsp3) is 0.562. The third-order valence-electron chi connectivity index (χ3n) is 7.93. The van der Waals surface area contributed by atoms with Gasteiger partial charge < -0.3 is 58.3 Å². The Morgan fingerprint density at radius 2 is 1.29 bits per heavy atom. The molecule has 12 N–H and O–H groups in total. The lowest BCUT2D eigenvalue weighted by atomic mass is 10.0. The van der Waals surface area contributed by atoms with Gasteiger partial charge in [0.1, 0.15) is 36.3 Å². The van der Waals surface area contributed by atoms with Gasteiger partial charge in [0, 0.05) is 13.0 Å². The number of hydrogen-bond acceptors (Lipinski definition) is 11. The van der Waals surface area contributed by atoms with Crippen molar-refractivity contribution in [2.75, 3.05) is 26.3 Å². The Kier molecular flexibility index (Phi) is 16.9. The van der Waals surface area contributed by atoms with E-state index >= 15 is 0 Å². The molecule has 282 valence electrons. The summed E-state index contributed by atoms with van der Waals surface area (Å²) in [7, 11) is 0. The van der Waals surface area contributed by atoms with Crippen molar-refractivity contribution in [3.05, 3.63) is 35.9 Å². The number of rotatable bonds is 20. The van der Waals surface area contributed by atoms with Gasteiger partial charge in [-0.25, -0.2) is 4.79 Å². The molecule has 1 saturated heterocycles. The molecule has 0 unspecified atom stereocenters. The van der Waals surface area contributed by atoms with Gasteiger partial charge in [-0.2, -0.15) is 0 Å². The average Bonchev–Trinajstić information content (AvgIpc) is 3.58. The summed E-state index contributed by atoms with van der Waals surface area (Å²) in [6.45, 7) is 1.23. The SMILES string of the molecule is CC(C)C[C@H](NC(=O)[C@H](CO)NC(=O)[C@H](CC(N)=O)NC(=O)CN)C(=O)N[C@@H](CO)C(=O)N[C@@H](Cc1ccccc1)C(=O)N1CCC[C@H]1C(=O)O. The molecular formula is C32H48N8O11. The van der Waals surface area contributed by atoms with Crippen LogP contribution in [0.2, 0.25) is 0 Å². The minimum Gasteiger partial charge on any atom is -0.480 e. The van der Waals surface area contributed by atoms with Gasteiger partial charge in [0.15, 0.2) is 0 Å². The first-order chi connectivity index (χ1) is 24.1. The van der Waals surface area contributed by atoms with E-state index in [1.54, 1.807) is 44.2 Å². The van der Waals surface area contributed by atoms with Crippen LogP contribution in [0, 0.1) is 5.92 Å². The monoisotopic (exact) mass is 720 g/mol. The number of aliphatic hydroxyl groups excluding tert-OH is 2. The maximum absolute atomic E-state index is 13.6. The lowest BCUT2D eigenvalue weighted by Gasteiger charge is -2.29. The van der Waals surface area contributed by atoms with E-state index < -0.39 is 110 Å². The normalized spacial score (nSPS) is 16.9. The molecule has 1 aliphatic heterocycles. The Morgan fingerprint density at radius 1 is 0.784 bits per heavy atom. The second kappa shape index (κ2) is 20.5. The molecule has 0 bridgehead atoms. The summed E-state index contributed by atoms with van der Waals surface area (Å²) in [6.07, 6.45) is 0.0334. The molecule has 7 amide bonds. The molecule has 0 saturated carbocycles. The molecule has 6 atom stereocenters. The minimum absolute atomic E-state index is 0.000941. The first-order valence-corrected chi connectivity index (χ1v) is 16.4. The van der Waals surface area contributed by atoms with Crippen molar-refractivity contribution in [2.45, 2.75) is 82.2 Å². The summed E-state index contributed by atoms with van der Waals surface area (Å²) < 4.78 is 0. The van der Waals surface area contributed by atoms with Gasteiger partial charge in [-0.3, -0.25) is 33.6 Å². The van der Waals surface area contributed by atoms with Crippen molar-refractivity contribution in [1.29, 1.82) is 0 Å². The van der Waals surface area contributed by atoms with Crippen LogP contribution in [0.15, 0.2) is 30.3 Å². The molecule has 1 aromatic rings. The summed E-state index contributed by atoms with van der Waals surface area (Å²) in [5.41, 5.74) is 11.0. The van der Waals surface area contributed by atoms with Crippen molar-refractivity contribution in [3.63, 3.8) is 0 Å². The van der Waals surface area contributed by atoms with E-state index in [2.05, 4.69) is 26.6 Å². The predicted molar refractivity (Wildman–Crippen MR) is 179 cm³/mol. The highest BCUT2D eigenvalue weighted by Crippen LogP contribution is 2.20. The lowest BCUT2D eigenvalue weighted by Crippen LogP contribution is -2.61. The number of amides is 7. The van der Waals surface area contributed by atoms with E-state index in [0.29, 0.717) is 12.0 Å². The molecule has 2 rings (SSSR count). The zero-order valence-electron chi connectivity index (χ0n) is 28.5. The molecule has 19 heteroatoms. The van der Waals surface area contributed by atoms with Gasteiger partial charge in [-0.15, -0.1) is 0 Å².